The second-order valence-corrected chi connectivity index (χ2v) is 4.72. The summed E-state index contributed by atoms with van der Waals surface area (Å²) in [4.78, 5) is 19.7. The van der Waals surface area contributed by atoms with Crippen LogP contribution in [0.4, 0.5) is 0 Å². The Morgan fingerprint density at radius 2 is 2.23 bits per heavy atom. The number of hydrogen-bond acceptors (Lipinski definition) is 6. The van der Waals surface area contributed by atoms with Crippen molar-refractivity contribution < 1.29 is 14.3 Å². The van der Waals surface area contributed by atoms with Gasteiger partial charge in [0.05, 0.1) is 13.3 Å². The summed E-state index contributed by atoms with van der Waals surface area (Å²) in [6.07, 6.45) is 1.57. The number of methoxy groups -OCH3 is 1. The Labute approximate surface area is 130 Å². The number of hydrogen-bond donors (Lipinski definition) is 1. The Morgan fingerprint density at radius 3 is 3.05 bits per heavy atom. The Kier molecular flexibility index (Phi) is 3.88. The van der Waals surface area contributed by atoms with Crippen molar-refractivity contribution in [3.63, 3.8) is 0 Å². The number of benzene rings is 1. The van der Waals surface area contributed by atoms with E-state index in [2.05, 4.69) is 24.9 Å². The van der Waals surface area contributed by atoms with Crippen molar-refractivity contribution in [2.24, 2.45) is 0 Å². The largest absolute Gasteiger partial charge is 0.482 e. The molecular formula is C14H11ClN4O3. The van der Waals surface area contributed by atoms with E-state index in [0.717, 1.165) is 0 Å². The zero-order valence-electron chi connectivity index (χ0n) is 11.5. The van der Waals surface area contributed by atoms with Crippen LogP contribution in [0.2, 0.25) is 5.15 Å². The minimum Gasteiger partial charge on any atom is -0.482 e. The monoisotopic (exact) mass is 318 g/mol. The highest BCUT2D eigenvalue weighted by molar-refractivity contribution is 6.33. The molecule has 2 heterocycles. The number of aromatic amines is 1. The van der Waals surface area contributed by atoms with Crippen molar-refractivity contribution in [3.05, 3.63) is 35.6 Å². The highest BCUT2D eigenvalue weighted by atomic mass is 35.5. The molecule has 22 heavy (non-hydrogen) atoms. The Bertz CT molecular complexity index is 834. The van der Waals surface area contributed by atoms with E-state index in [9.17, 15) is 4.79 Å². The van der Waals surface area contributed by atoms with Crippen LogP contribution in [0.15, 0.2) is 30.5 Å². The molecule has 0 aliphatic carbocycles. The van der Waals surface area contributed by atoms with E-state index in [1.54, 1.807) is 24.4 Å². The quantitative estimate of drug-likeness (QED) is 0.586. The first-order chi connectivity index (χ1) is 10.7. The van der Waals surface area contributed by atoms with E-state index in [1.165, 1.54) is 7.11 Å². The number of fused-ring (bicyclic) bond motifs is 1. The van der Waals surface area contributed by atoms with E-state index in [-0.39, 0.29) is 6.61 Å². The summed E-state index contributed by atoms with van der Waals surface area (Å²) in [5.41, 5.74) is 1.92. The number of nitrogens with zero attached hydrogens (tertiary/aromatic N) is 3. The van der Waals surface area contributed by atoms with Crippen LogP contribution >= 0.6 is 11.6 Å². The Morgan fingerprint density at radius 1 is 1.36 bits per heavy atom. The molecule has 0 atom stereocenters. The second kappa shape index (κ2) is 5.98. The van der Waals surface area contributed by atoms with Crippen LogP contribution in [0, 0.1) is 0 Å². The number of ether oxygens (including phenoxy) is 2. The number of nitrogens with one attached hydrogen (secondary N) is 1. The number of halogens is 1. The molecule has 0 spiro atoms. The molecule has 1 N–H and O–H groups in total. The van der Waals surface area contributed by atoms with Crippen LogP contribution in [0.1, 0.15) is 0 Å². The lowest BCUT2D eigenvalue weighted by Crippen LogP contribution is -2.12. The Hall–Kier alpha value is -2.67. The van der Waals surface area contributed by atoms with Gasteiger partial charge in [0.15, 0.2) is 17.6 Å². The third kappa shape index (κ3) is 2.84. The zero-order valence-corrected chi connectivity index (χ0v) is 12.3. The van der Waals surface area contributed by atoms with Gasteiger partial charge in [0.2, 0.25) is 0 Å². The molecule has 2 aromatic heterocycles. The summed E-state index contributed by atoms with van der Waals surface area (Å²) in [6, 6.07) is 7.05. The molecule has 1 aromatic carbocycles. The summed E-state index contributed by atoms with van der Waals surface area (Å²) in [5, 5.41) is 6.91. The third-order valence-electron chi connectivity index (χ3n) is 2.93. The molecule has 0 saturated carbocycles. The SMILES string of the molecule is COC(=O)COc1cccc(-c2nc(Cl)c3[nH]ncc3n2)c1. The van der Waals surface area contributed by atoms with E-state index < -0.39 is 5.97 Å². The fourth-order valence-corrected chi connectivity index (χ4v) is 2.08. The maximum absolute atomic E-state index is 11.1. The highest BCUT2D eigenvalue weighted by Gasteiger charge is 2.10. The number of H-pyrrole nitrogens is 1. The standard InChI is InChI=1S/C14H11ClN4O3/c1-21-11(20)7-22-9-4-2-3-8(5-9)14-17-10-6-16-19-12(10)13(15)18-14/h2-6H,7H2,1H3,(H,16,19). The van der Waals surface area contributed by atoms with Gasteiger partial charge in [-0.3, -0.25) is 5.10 Å². The maximum atomic E-state index is 11.1. The van der Waals surface area contributed by atoms with E-state index >= 15 is 0 Å². The highest BCUT2D eigenvalue weighted by Crippen LogP contribution is 2.25. The maximum Gasteiger partial charge on any atom is 0.343 e. The molecule has 3 rings (SSSR count). The molecule has 0 amide bonds. The number of carbonyl (C=O) groups is 1. The van der Waals surface area contributed by atoms with E-state index in [0.29, 0.717) is 33.3 Å². The van der Waals surface area contributed by atoms with Crippen LogP contribution in [0.3, 0.4) is 0 Å². The van der Waals surface area contributed by atoms with Crippen molar-refractivity contribution in [1.82, 2.24) is 20.2 Å². The first-order valence-corrected chi connectivity index (χ1v) is 6.72. The van der Waals surface area contributed by atoms with Gasteiger partial charge in [-0.2, -0.15) is 5.10 Å². The van der Waals surface area contributed by atoms with Crippen molar-refractivity contribution in [2.75, 3.05) is 13.7 Å². The third-order valence-corrected chi connectivity index (χ3v) is 3.21. The first kappa shape index (κ1) is 14.3. The van der Waals surface area contributed by atoms with Gasteiger partial charge < -0.3 is 9.47 Å². The Balaban J connectivity index is 1.91. The lowest BCUT2D eigenvalue weighted by molar-refractivity contribution is -0.142. The number of carbonyl (C=O) groups excluding carboxylic acids is 1. The van der Waals surface area contributed by atoms with Crippen molar-refractivity contribution >= 4 is 28.6 Å². The predicted octanol–water partition coefficient (Wildman–Crippen LogP) is 2.23. The van der Waals surface area contributed by atoms with Crippen molar-refractivity contribution in [1.29, 1.82) is 0 Å². The molecule has 3 aromatic rings. The van der Waals surface area contributed by atoms with Crippen molar-refractivity contribution in [2.45, 2.75) is 0 Å². The summed E-state index contributed by atoms with van der Waals surface area (Å²) >= 11 is 6.10. The molecule has 7 nitrogen and oxygen atoms in total. The van der Waals surface area contributed by atoms with Gasteiger partial charge in [-0.1, -0.05) is 23.7 Å². The zero-order chi connectivity index (χ0) is 15.5. The lowest BCUT2D eigenvalue weighted by Gasteiger charge is -2.07. The van der Waals surface area contributed by atoms with Crippen LogP contribution in [-0.4, -0.2) is 39.9 Å². The minimum atomic E-state index is -0.454. The molecule has 112 valence electrons. The van der Waals surface area contributed by atoms with Crippen LogP contribution in [-0.2, 0) is 9.53 Å². The van der Waals surface area contributed by atoms with Crippen molar-refractivity contribution in [3.8, 4) is 17.1 Å². The van der Waals surface area contributed by atoms with Crippen LogP contribution < -0.4 is 4.74 Å². The van der Waals surface area contributed by atoms with E-state index in [1.807, 2.05) is 6.07 Å². The average Bonchev–Trinajstić information content (AvgIpc) is 3.02. The van der Waals surface area contributed by atoms with E-state index in [4.69, 9.17) is 16.3 Å². The molecule has 8 heteroatoms. The van der Waals surface area contributed by atoms with Gasteiger partial charge >= 0.3 is 5.97 Å². The van der Waals surface area contributed by atoms with Gasteiger partial charge in [-0.15, -0.1) is 0 Å². The summed E-state index contributed by atoms with van der Waals surface area (Å²) in [7, 11) is 1.30. The van der Waals surface area contributed by atoms with Crippen LogP contribution in [0.25, 0.3) is 22.4 Å². The molecule has 0 radical (unpaired) electrons. The lowest BCUT2D eigenvalue weighted by atomic mass is 10.2. The molecule has 0 bridgehead atoms. The molecule has 0 aliphatic heterocycles. The second-order valence-electron chi connectivity index (χ2n) is 4.36. The molecular weight excluding hydrogens is 308 g/mol. The minimum absolute atomic E-state index is 0.164. The van der Waals surface area contributed by atoms with Gasteiger partial charge in [-0.25, -0.2) is 14.8 Å². The predicted molar refractivity (Wildman–Crippen MR) is 79.6 cm³/mol. The number of aromatic nitrogens is 4. The van der Waals surface area contributed by atoms with Crippen LogP contribution in [0.5, 0.6) is 5.75 Å². The summed E-state index contributed by atoms with van der Waals surface area (Å²) in [6.45, 7) is -0.164. The number of rotatable bonds is 4. The summed E-state index contributed by atoms with van der Waals surface area (Å²) in [5.74, 6) is 0.502. The normalized spacial score (nSPS) is 10.6. The van der Waals surface area contributed by atoms with Gasteiger partial charge in [0.1, 0.15) is 16.8 Å². The van der Waals surface area contributed by atoms with Gasteiger partial charge in [-0.05, 0) is 12.1 Å². The summed E-state index contributed by atoms with van der Waals surface area (Å²) < 4.78 is 9.87. The smallest absolute Gasteiger partial charge is 0.343 e. The fourth-order valence-electron chi connectivity index (χ4n) is 1.86. The molecule has 0 fully saturated rings. The number of esters is 1. The average molecular weight is 319 g/mol. The van der Waals surface area contributed by atoms with Gasteiger partial charge in [0.25, 0.3) is 0 Å². The molecule has 0 unspecified atom stereocenters. The molecule has 0 saturated heterocycles. The fraction of sp³-hybridized carbons (Fsp3) is 0.143. The first-order valence-electron chi connectivity index (χ1n) is 6.34. The topological polar surface area (TPSA) is 90.0 Å². The van der Waals surface area contributed by atoms with Gasteiger partial charge in [0, 0.05) is 5.56 Å². The molecule has 0 aliphatic rings.